The average molecular weight is 231 g/mol. The number of aliphatic hydroxyl groups excluding tert-OH is 1. The van der Waals surface area contributed by atoms with Crippen LogP contribution in [0.5, 0.6) is 0 Å². The smallest absolute Gasteiger partial charge is 0.0613 e. The third-order valence-corrected chi connectivity index (χ3v) is 4.42. The largest absolute Gasteiger partial charge is 0.394 e. The summed E-state index contributed by atoms with van der Waals surface area (Å²) in [7, 11) is 0. The number of nitrogens with one attached hydrogen (secondary N) is 1. The van der Waals surface area contributed by atoms with Crippen molar-refractivity contribution < 1.29 is 5.11 Å². The second-order valence-electron chi connectivity index (χ2n) is 5.66. The first-order valence-corrected chi connectivity index (χ1v) is 6.77. The van der Waals surface area contributed by atoms with E-state index in [1.165, 1.54) is 24.0 Å². The van der Waals surface area contributed by atoms with Crippen LogP contribution in [0.25, 0.3) is 0 Å². The highest BCUT2D eigenvalue weighted by Gasteiger charge is 2.36. The van der Waals surface area contributed by atoms with Crippen LogP contribution in [-0.2, 0) is 12.8 Å². The first-order chi connectivity index (χ1) is 8.31. The Morgan fingerprint density at radius 1 is 1.12 bits per heavy atom. The highest BCUT2D eigenvalue weighted by molar-refractivity contribution is 5.33. The number of hydrogen-bond donors (Lipinski definition) is 2. The van der Waals surface area contributed by atoms with Crippen molar-refractivity contribution in [3.8, 4) is 0 Å². The second kappa shape index (κ2) is 4.43. The average Bonchev–Trinajstić information content (AvgIpc) is 2.95. The summed E-state index contributed by atoms with van der Waals surface area (Å²) in [5, 5.41) is 13.4. The molecule has 0 heterocycles. The number of rotatable bonds is 3. The van der Waals surface area contributed by atoms with Gasteiger partial charge in [0.25, 0.3) is 0 Å². The predicted molar refractivity (Wildman–Crippen MR) is 69.1 cm³/mol. The molecular weight excluding hydrogens is 210 g/mol. The Morgan fingerprint density at radius 2 is 1.71 bits per heavy atom. The molecule has 2 heteroatoms. The fraction of sp³-hybridized carbons (Fsp3) is 0.600. The molecule has 2 aliphatic rings. The molecule has 92 valence electrons. The van der Waals surface area contributed by atoms with Gasteiger partial charge in [-0.1, -0.05) is 37.1 Å². The molecule has 0 aliphatic heterocycles. The van der Waals surface area contributed by atoms with Gasteiger partial charge in [0.1, 0.15) is 0 Å². The molecule has 2 N–H and O–H groups in total. The fourth-order valence-electron chi connectivity index (χ4n) is 3.49. The predicted octanol–water partition coefficient (Wildman–Crippen LogP) is 2.05. The molecule has 1 saturated carbocycles. The summed E-state index contributed by atoms with van der Waals surface area (Å²) >= 11 is 0. The molecule has 0 radical (unpaired) electrons. The van der Waals surface area contributed by atoms with Gasteiger partial charge in [-0.05, 0) is 36.8 Å². The zero-order valence-electron chi connectivity index (χ0n) is 10.3. The molecule has 0 spiro atoms. The Kier molecular flexibility index (Phi) is 2.93. The van der Waals surface area contributed by atoms with Gasteiger partial charge in [-0.2, -0.15) is 0 Å². The van der Waals surface area contributed by atoms with E-state index in [1.807, 2.05) is 0 Å². The summed E-state index contributed by atoms with van der Waals surface area (Å²) in [6, 6.07) is 9.24. The number of fused-ring (bicyclic) bond motifs is 1. The molecular formula is C15H21NO. The molecule has 0 aromatic heterocycles. The minimum Gasteiger partial charge on any atom is -0.394 e. The van der Waals surface area contributed by atoms with Gasteiger partial charge in [-0.25, -0.2) is 0 Å². The summed E-state index contributed by atoms with van der Waals surface area (Å²) in [6.07, 6.45) is 7.03. The van der Waals surface area contributed by atoms with Crippen molar-refractivity contribution >= 4 is 0 Å². The van der Waals surface area contributed by atoms with Crippen molar-refractivity contribution in [3.63, 3.8) is 0 Å². The number of benzene rings is 1. The monoisotopic (exact) mass is 231 g/mol. The normalized spacial score (nSPS) is 22.9. The minimum absolute atomic E-state index is 0.0205. The molecule has 0 unspecified atom stereocenters. The molecule has 0 atom stereocenters. The molecule has 2 aliphatic carbocycles. The van der Waals surface area contributed by atoms with Gasteiger partial charge in [0, 0.05) is 11.6 Å². The van der Waals surface area contributed by atoms with Crippen LogP contribution < -0.4 is 5.32 Å². The van der Waals surface area contributed by atoms with Crippen LogP contribution in [0.3, 0.4) is 0 Å². The van der Waals surface area contributed by atoms with E-state index < -0.39 is 0 Å². The van der Waals surface area contributed by atoms with Gasteiger partial charge in [-0.15, -0.1) is 0 Å². The standard InChI is InChI=1S/C15H21NO/c17-11-15(7-3-4-8-15)16-14-9-12-5-1-2-6-13(12)10-14/h1-2,5-6,14,16-17H,3-4,7-11H2. The molecule has 0 amide bonds. The number of hydrogen-bond acceptors (Lipinski definition) is 2. The molecule has 1 aromatic rings. The highest BCUT2D eigenvalue weighted by Crippen LogP contribution is 2.32. The van der Waals surface area contributed by atoms with Crippen LogP contribution >= 0.6 is 0 Å². The van der Waals surface area contributed by atoms with Gasteiger partial charge in [0.05, 0.1) is 6.61 Å². The van der Waals surface area contributed by atoms with Crippen LogP contribution in [0.2, 0.25) is 0 Å². The van der Waals surface area contributed by atoms with E-state index >= 15 is 0 Å². The Labute approximate surface area is 103 Å². The zero-order chi connectivity index (χ0) is 11.7. The van der Waals surface area contributed by atoms with E-state index in [9.17, 15) is 5.11 Å². The third kappa shape index (κ3) is 2.12. The minimum atomic E-state index is 0.0205. The lowest BCUT2D eigenvalue weighted by Gasteiger charge is -2.31. The lowest BCUT2D eigenvalue weighted by molar-refractivity contribution is 0.151. The van der Waals surface area contributed by atoms with E-state index in [4.69, 9.17) is 0 Å². The summed E-state index contributed by atoms with van der Waals surface area (Å²) in [6.45, 7) is 0.292. The molecule has 0 saturated heterocycles. The quantitative estimate of drug-likeness (QED) is 0.834. The van der Waals surface area contributed by atoms with E-state index in [-0.39, 0.29) is 5.54 Å². The maximum absolute atomic E-state index is 9.63. The van der Waals surface area contributed by atoms with E-state index in [0.717, 1.165) is 25.7 Å². The van der Waals surface area contributed by atoms with Gasteiger partial charge in [0.15, 0.2) is 0 Å². The molecule has 0 bridgehead atoms. The summed E-state index contributed by atoms with van der Waals surface area (Å²) in [5.41, 5.74) is 2.99. The molecule has 17 heavy (non-hydrogen) atoms. The zero-order valence-corrected chi connectivity index (χ0v) is 10.3. The lowest BCUT2D eigenvalue weighted by atomic mass is 9.97. The van der Waals surface area contributed by atoms with Crippen LogP contribution in [0.4, 0.5) is 0 Å². The van der Waals surface area contributed by atoms with Gasteiger partial charge in [0.2, 0.25) is 0 Å². The van der Waals surface area contributed by atoms with Crippen molar-refractivity contribution in [2.45, 2.75) is 50.1 Å². The maximum atomic E-state index is 9.63. The van der Waals surface area contributed by atoms with Crippen molar-refractivity contribution in [1.29, 1.82) is 0 Å². The Balaban J connectivity index is 1.69. The molecule has 1 aromatic carbocycles. The second-order valence-corrected chi connectivity index (χ2v) is 5.66. The van der Waals surface area contributed by atoms with Crippen LogP contribution in [0, 0.1) is 0 Å². The molecule has 1 fully saturated rings. The highest BCUT2D eigenvalue weighted by atomic mass is 16.3. The van der Waals surface area contributed by atoms with Crippen LogP contribution in [-0.4, -0.2) is 23.3 Å². The van der Waals surface area contributed by atoms with Crippen molar-refractivity contribution in [1.82, 2.24) is 5.32 Å². The van der Waals surface area contributed by atoms with Gasteiger partial charge >= 0.3 is 0 Å². The van der Waals surface area contributed by atoms with Crippen LogP contribution in [0.15, 0.2) is 24.3 Å². The summed E-state index contributed by atoms with van der Waals surface area (Å²) < 4.78 is 0. The Hall–Kier alpha value is -0.860. The fourth-order valence-corrected chi connectivity index (χ4v) is 3.49. The Morgan fingerprint density at radius 3 is 2.24 bits per heavy atom. The van der Waals surface area contributed by atoms with E-state index in [1.54, 1.807) is 0 Å². The van der Waals surface area contributed by atoms with Gasteiger partial charge < -0.3 is 10.4 Å². The summed E-state index contributed by atoms with van der Waals surface area (Å²) in [4.78, 5) is 0. The topological polar surface area (TPSA) is 32.3 Å². The maximum Gasteiger partial charge on any atom is 0.0613 e. The van der Waals surface area contributed by atoms with Crippen molar-refractivity contribution in [2.75, 3.05) is 6.61 Å². The SMILES string of the molecule is OCC1(NC2Cc3ccccc3C2)CCCC1. The van der Waals surface area contributed by atoms with E-state index in [2.05, 4.69) is 29.6 Å². The van der Waals surface area contributed by atoms with E-state index in [0.29, 0.717) is 12.6 Å². The lowest BCUT2D eigenvalue weighted by Crippen LogP contribution is -2.51. The molecule has 2 nitrogen and oxygen atoms in total. The van der Waals surface area contributed by atoms with Crippen molar-refractivity contribution in [3.05, 3.63) is 35.4 Å². The number of aliphatic hydroxyl groups is 1. The summed E-state index contributed by atoms with van der Waals surface area (Å²) in [5.74, 6) is 0. The van der Waals surface area contributed by atoms with Crippen LogP contribution in [0.1, 0.15) is 36.8 Å². The Bertz CT molecular complexity index is 371. The first-order valence-electron chi connectivity index (χ1n) is 6.77. The first kappa shape index (κ1) is 11.2. The molecule has 3 rings (SSSR count). The third-order valence-electron chi connectivity index (χ3n) is 4.42. The van der Waals surface area contributed by atoms with Crippen molar-refractivity contribution in [2.24, 2.45) is 0 Å². The van der Waals surface area contributed by atoms with Gasteiger partial charge in [-0.3, -0.25) is 0 Å².